The number of halogens is 7. The maximum atomic E-state index is 13.6. The fourth-order valence-corrected chi connectivity index (χ4v) is 1.58. The van der Waals surface area contributed by atoms with Crippen molar-refractivity contribution in [2.75, 3.05) is 0 Å². The van der Waals surface area contributed by atoms with Crippen LogP contribution in [-0.2, 0) is 0 Å². The van der Waals surface area contributed by atoms with Crippen molar-refractivity contribution in [2.45, 2.75) is 25.1 Å². The Bertz CT molecular complexity index is 456. The van der Waals surface area contributed by atoms with Gasteiger partial charge in [0.25, 0.3) is 0 Å². The van der Waals surface area contributed by atoms with Gasteiger partial charge in [-0.1, -0.05) is 17.7 Å². The SMILES string of the molecule is Cc1ccc(Cl)c([C@@H](N)C(F)(F)C(F)(F)F)c1F. The molecule has 0 unspecified atom stereocenters. The quantitative estimate of drug-likeness (QED) is 0.819. The van der Waals surface area contributed by atoms with E-state index in [0.29, 0.717) is 0 Å². The lowest BCUT2D eigenvalue weighted by atomic mass is 9.98. The van der Waals surface area contributed by atoms with Gasteiger partial charge in [0.05, 0.1) is 0 Å². The van der Waals surface area contributed by atoms with Gasteiger partial charge in [-0.15, -0.1) is 0 Å². The van der Waals surface area contributed by atoms with Crippen molar-refractivity contribution in [2.24, 2.45) is 5.73 Å². The largest absolute Gasteiger partial charge is 0.455 e. The molecule has 1 aromatic rings. The van der Waals surface area contributed by atoms with Gasteiger partial charge in [0, 0.05) is 10.6 Å². The van der Waals surface area contributed by atoms with E-state index in [-0.39, 0.29) is 5.56 Å². The first kappa shape index (κ1) is 15.1. The summed E-state index contributed by atoms with van der Waals surface area (Å²) in [5, 5.41) is -0.575. The zero-order valence-corrected chi connectivity index (χ0v) is 9.71. The van der Waals surface area contributed by atoms with Gasteiger partial charge in [-0.25, -0.2) is 4.39 Å². The number of hydrogen-bond acceptors (Lipinski definition) is 1. The lowest BCUT2D eigenvalue weighted by Crippen LogP contribution is -2.46. The Morgan fingerprint density at radius 3 is 2.11 bits per heavy atom. The van der Waals surface area contributed by atoms with Crippen LogP contribution < -0.4 is 5.73 Å². The van der Waals surface area contributed by atoms with E-state index in [2.05, 4.69) is 0 Å². The molecular formula is C10H8ClF6N. The standard InChI is InChI=1S/C10H8ClF6N/c1-4-2-3-5(11)6(7(4)12)8(18)9(13,14)10(15,16)17/h2-3,8H,18H2,1H3/t8-/m1/s1. The van der Waals surface area contributed by atoms with Gasteiger partial charge in [0.1, 0.15) is 11.9 Å². The molecular weight excluding hydrogens is 284 g/mol. The third-order valence-electron chi connectivity index (χ3n) is 2.40. The molecule has 0 aromatic heterocycles. The van der Waals surface area contributed by atoms with E-state index in [1.54, 1.807) is 0 Å². The van der Waals surface area contributed by atoms with Gasteiger partial charge in [-0.3, -0.25) is 0 Å². The molecule has 1 nitrogen and oxygen atoms in total. The smallest absolute Gasteiger partial charge is 0.319 e. The average molecular weight is 292 g/mol. The van der Waals surface area contributed by atoms with E-state index in [4.69, 9.17) is 17.3 Å². The lowest BCUT2D eigenvalue weighted by Gasteiger charge is -2.27. The lowest BCUT2D eigenvalue weighted by molar-refractivity contribution is -0.291. The van der Waals surface area contributed by atoms with Crippen LogP contribution >= 0.6 is 11.6 Å². The first-order valence-corrected chi connectivity index (χ1v) is 5.02. The second-order valence-electron chi connectivity index (χ2n) is 3.69. The minimum Gasteiger partial charge on any atom is -0.319 e. The molecule has 0 heterocycles. The predicted molar refractivity (Wildman–Crippen MR) is 54.1 cm³/mol. The molecule has 0 saturated heterocycles. The number of benzene rings is 1. The van der Waals surface area contributed by atoms with Gasteiger partial charge in [-0.05, 0) is 18.6 Å². The maximum Gasteiger partial charge on any atom is 0.455 e. The van der Waals surface area contributed by atoms with Crippen LogP contribution in [0.4, 0.5) is 26.3 Å². The third kappa shape index (κ3) is 2.42. The van der Waals surface area contributed by atoms with Crippen LogP contribution in [-0.4, -0.2) is 12.1 Å². The second-order valence-corrected chi connectivity index (χ2v) is 4.10. The van der Waals surface area contributed by atoms with Crippen LogP contribution in [0.1, 0.15) is 17.2 Å². The fourth-order valence-electron chi connectivity index (χ4n) is 1.32. The molecule has 0 saturated carbocycles. The second kappa shape index (κ2) is 4.62. The molecule has 1 rings (SSSR count). The van der Waals surface area contributed by atoms with E-state index in [1.807, 2.05) is 0 Å². The molecule has 18 heavy (non-hydrogen) atoms. The van der Waals surface area contributed by atoms with E-state index in [1.165, 1.54) is 6.92 Å². The maximum absolute atomic E-state index is 13.6. The van der Waals surface area contributed by atoms with Crippen molar-refractivity contribution in [3.63, 3.8) is 0 Å². The fraction of sp³-hybridized carbons (Fsp3) is 0.400. The van der Waals surface area contributed by atoms with Crippen LogP contribution in [0.3, 0.4) is 0 Å². The predicted octanol–water partition coefficient (Wildman–Crippen LogP) is 3.98. The first-order chi connectivity index (χ1) is 8.00. The highest BCUT2D eigenvalue weighted by Crippen LogP contribution is 2.45. The van der Waals surface area contributed by atoms with Crippen molar-refractivity contribution < 1.29 is 26.3 Å². The van der Waals surface area contributed by atoms with Crippen LogP contribution in [0.2, 0.25) is 5.02 Å². The Kier molecular flexibility index (Phi) is 3.88. The van der Waals surface area contributed by atoms with Gasteiger partial charge in [0.2, 0.25) is 0 Å². The van der Waals surface area contributed by atoms with Crippen molar-refractivity contribution in [1.82, 2.24) is 0 Å². The Hall–Kier alpha value is -0.950. The molecule has 0 aliphatic carbocycles. The summed E-state index contributed by atoms with van der Waals surface area (Å²) in [5.41, 5.74) is 3.67. The topological polar surface area (TPSA) is 26.0 Å². The van der Waals surface area contributed by atoms with E-state index >= 15 is 0 Å². The first-order valence-electron chi connectivity index (χ1n) is 4.64. The summed E-state index contributed by atoms with van der Waals surface area (Å²) in [4.78, 5) is 0. The van der Waals surface area contributed by atoms with Crippen molar-refractivity contribution in [1.29, 1.82) is 0 Å². The normalized spacial score (nSPS) is 14.7. The number of aryl methyl sites for hydroxylation is 1. The third-order valence-corrected chi connectivity index (χ3v) is 2.73. The van der Waals surface area contributed by atoms with Crippen molar-refractivity contribution in [3.05, 3.63) is 34.1 Å². The molecule has 2 N–H and O–H groups in total. The molecule has 0 amide bonds. The summed E-state index contributed by atoms with van der Waals surface area (Å²) in [6.45, 7) is 1.20. The van der Waals surface area contributed by atoms with Gasteiger partial charge in [0.15, 0.2) is 0 Å². The minimum atomic E-state index is -5.88. The molecule has 0 spiro atoms. The molecule has 1 atom stereocenters. The highest BCUT2D eigenvalue weighted by molar-refractivity contribution is 6.31. The zero-order chi connectivity index (χ0) is 14.3. The number of alkyl halides is 5. The van der Waals surface area contributed by atoms with E-state index < -0.39 is 34.5 Å². The monoisotopic (exact) mass is 291 g/mol. The number of hydrogen-bond donors (Lipinski definition) is 1. The Labute approximate surface area is 104 Å². The van der Waals surface area contributed by atoms with Crippen LogP contribution in [0, 0.1) is 12.7 Å². The van der Waals surface area contributed by atoms with Gasteiger partial charge in [-0.2, -0.15) is 22.0 Å². The summed E-state index contributed by atoms with van der Waals surface area (Å²) < 4.78 is 76.0. The average Bonchev–Trinajstić information content (AvgIpc) is 2.22. The highest BCUT2D eigenvalue weighted by Gasteiger charge is 2.62. The molecule has 1 aromatic carbocycles. The van der Waals surface area contributed by atoms with Gasteiger partial charge < -0.3 is 5.73 Å². The summed E-state index contributed by atoms with van der Waals surface area (Å²) in [5.74, 6) is -6.54. The molecule has 0 fully saturated rings. The van der Waals surface area contributed by atoms with Crippen LogP contribution in [0.25, 0.3) is 0 Å². The number of rotatable bonds is 2. The summed E-state index contributed by atoms with van der Waals surface area (Å²) in [6, 6.07) is -0.730. The molecule has 0 aliphatic heterocycles. The van der Waals surface area contributed by atoms with Crippen molar-refractivity contribution >= 4 is 11.6 Å². The number of nitrogens with two attached hydrogens (primary N) is 1. The Balaban J connectivity index is 3.36. The van der Waals surface area contributed by atoms with Gasteiger partial charge >= 0.3 is 12.1 Å². The summed E-state index contributed by atoms with van der Waals surface area (Å²) in [7, 11) is 0. The minimum absolute atomic E-state index is 0.122. The van der Waals surface area contributed by atoms with E-state index in [0.717, 1.165) is 12.1 Å². The Morgan fingerprint density at radius 2 is 1.67 bits per heavy atom. The van der Waals surface area contributed by atoms with Crippen LogP contribution in [0.5, 0.6) is 0 Å². The van der Waals surface area contributed by atoms with Crippen molar-refractivity contribution in [3.8, 4) is 0 Å². The molecule has 0 aliphatic rings. The molecule has 0 radical (unpaired) electrons. The zero-order valence-electron chi connectivity index (χ0n) is 8.96. The summed E-state index contributed by atoms with van der Waals surface area (Å²) >= 11 is 5.43. The molecule has 8 heteroatoms. The van der Waals surface area contributed by atoms with Crippen LogP contribution in [0.15, 0.2) is 12.1 Å². The molecule has 0 bridgehead atoms. The highest BCUT2D eigenvalue weighted by atomic mass is 35.5. The van der Waals surface area contributed by atoms with E-state index in [9.17, 15) is 26.3 Å². The Morgan fingerprint density at radius 1 is 1.17 bits per heavy atom. The summed E-state index contributed by atoms with van der Waals surface area (Å²) in [6.07, 6.45) is -5.88. The molecule has 102 valence electrons.